The molecule has 0 spiro atoms. The number of esters is 1. The molecule has 0 unspecified atom stereocenters. The summed E-state index contributed by atoms with van der Waals surface area (Å²) in [6.45, 7) is 2.76. The predicted molar refractivity (Wildman–Crippen MR) is 97.3 cm³/mol. The van der Waals surface area contributed by atoms with Crippen LogP contribution in [0.4, 0.5) is 5.69 Å². The fraction of sp³-hybridized carbons (Fsp3) is 0.200. The maximum absolute atomic E-state index is 12.2. The molecule has 0 radical (unpaired) electrons. The Hall–Kier alpha value is -3.48. The van der Waals surface area contributed by atoms with Gasteiger partial charge in [0.15, 0.2) is 6.61 Å². The van der Waals surface area contributed by atoms with E-state index in [9.17, 15) is 19.2 Å². The van der Waals surface area contributed by atoms with E-state index in [0.717, 1.165) is 16.0 Å². The van der Waals surface area contributed by atoms with Gasteiger partial charge >= 0.3 is 5.97 Å². The van der Waals surface area contributed by atoms with Crippen LogP contribution in [0.15, 0.2) is 42.5 Å². The van der Waals surface area contributed by atoms with Crippen molar-refractivity contribution in [2.45, 2.75) is 13.8 Å². The van der Waals surface area contributed by atoms with Gasteiger partial charge in [0.05, 0.1) is 11.1 Å². The lowest BCUT2D eigenvalue weighted by molar-refractivity contribution is -0.147. The summed E-state index contributed by atoms with van der Waals surface area (Å²) in [5.74, 6) is -2.43. The summed E-state index contributed by atoms with van der Waals surface area (Å²) in [6.07, 6.45) is 0. The molecule has 0 bridgehead atoms. The number of carbonyl (C=O) groups is 4. The fourth-order valence-electron chi connectivity index (χ4n) is 2.84. The van der Waals surface area contributed by atoms with Gasteiger partial charge in [0.25, 0.3) is 17.7 Å². The normalized spacial score (nSPS) is 12.7. The minimum absolute atomic E-state index is 0.253. The third-order valence-electron chi connectivity index (χ3n) is 4.19. The number of fused-ring (bicyclic) bond motifs is 1. The van der Waals surface area contributed by atoms with Gasteiger partial charge in [-0.25, -0.2) is 0 Å². The van der Waals surface area contributed by atoms with Gasteiger partial charge < -0.3 is 10.1 Å². The number of amides is 3. The summed E-state index contributed by atoms with van der Waals surface area (Å²) in [5, 5.41) is 2.65. The van der Waals surface area contributed by atoms with Crippen LogP contribution in [0.25, 0.3) is 0 Å². The van der Waals surface area contributed by atoms with Crippen LogP contribution < -0.4 is 5.32 Å². The second-order valence-corrected chi connectivity index (χ2v) is 6.27. The quantitative estimate of drug-likeness (QED) is 0.646. The summed E-state index contributed by atoms with van der Waals surface area (Å²) >= 11 is 0. The zero-order chi connectivity index (χ0) is 19.6. The molecular weight excluding hydrogens is 348 g/mol. The SMILES string of the molecule is Cc1ccc(NC(=O)COC(=O)CN2C(=O)c3ccccc3C2=O)c(C)c1. The van der Waals surface area contributed by atoms with E-state index >= 15 is 0 Å². The molecular formula is C20H18N2O5. The minimum atomic E-state index is -0.833. The van der Waals surface area contributed by atoms with Crippen LogP contribution in [0, 0.1) is 13.8 Å². The third-order valence-corrected chi connectivity index (χ3v) is 4.19. The van der Waals surface area contributed by atoms with Crippen LogP contribution in [0.1, 0.15) is 31.8 Å². The molecule has 0 saturated carbocycles. The van der Waals surface area contributed by atoms with E-state index < -0.39 is 36.8 Å². The number of hydrogen-bond donors (Lipinski definition) is 1. The van der Waals surface area contributed by atoms with Crippen LogP contribution in [0.5, 0.6) is 0 Å². The van der Waals surface area contributed by atoms with Gasteiger partial charge in [0.1, 0.15) is 6.54 Å². The molecule has 1 aliphatic heterocycles. The first-order chi connectivity index (χ1) is 12.9. The summed E-state index contributed by atoms with van der Waals surface area (Å²) in [7, 11) is 0. The fourth-order valence-corrected chi connectivity index (χ4v) is 2.84. The third kappa shape index (κ3) is 3.87. The monoisotopic (exact) mass is 366 g/mol. The van der Waals surface area contributed by atoms with E-state index in [2.05, 4.69) is 5.32 Å². The number of carbonyl (C=O) groups excluding carboxylic acids is 4. The number of benzene rings is 2. The highest BCUT2D eigenvalue weighted by atomic mass is 16.5. The van der Waals surface area contributed by atoms with E-state index in [1.165, 1.54) is 12.1 Å². The molecule has 2 aromatic rings. The largest absolute Gasteiger partial charge is 0.454 e. The highest BCUT2D eigenvalue weighted by molar-refractivity contribution is 6.22. The molecule has 7 nitrogen and oxygen atoms in total. The van der Waals surface area contributed by atoms with Gasteiger partial charge in [-0.2, -0.15) is 0 Å². The van der Waals surface area contributed by atoms with Crippen molar-refractivity contribution in [1.29, 1.82) is 0 Å². The molecule has 0 saturated heterocycles. The van der Waals surface area contributed by atoms with Crippen molar-refractivity contribution >= 4 is 29.4 Å². The highest BCUT2D eigenvalue weighted by Crippen LogP contribution is 2.22. The van der Waals surface area contributed by atoms with E-state index in [1.54, 1.807) is 18.2 Å². The summed E-state index contributed by atoms with van der Waals surface area (Å²) < 4.78 is 4.90. The lowest BCUT2D eigenvalue weighted by Crippen LogP contribution is -2.36. The lowest BCUT2D eigenvalue weighted by Gasteiger charge is -2.13. The Morgan fingerprint density at radius 2 is 1.63 bits per heavy atom. The van der Waals surface area contributed by atoms with Gasteiger partial charge in [-0.1, -0.05) is 29.8 Å². The zero-order valence-electron chi connectivity index (χ0n) is 14.9. The molecule has 0 fully saturated rings. The Morgan fingerprint density at radius 1 is 1.00 bits per heavy atom. The van der Waals surface area contributed by atoms with Crippen LogP contribution in [-0.2, 0) is 14.3 Å². The number of nitrogens with one attached hydrogen (secondary N) is 1. The van der Waals surface area contributed by atoms with Crippen molar-refractivity contribution in [1.82, 2.24) is 4.90 Å². The van der Waals surface area contributed by atoms with Crippen molar-refractivity contribution in [3.05, 3.63) is 64.7 Å². The Kier molecular flexibility index (Phi) is 5.03. The minimum Gasteiger partial charge on any atom is -0.454 e. The first-order valence-corrected chi connectivity index (χ1v) is 8.35. The number of imide groups is 1. The van der Waals surface area contributed by atoms with Gasteiger partial charge in [-0.05, 0) is 37.6 Å². The average Bonchev–Trinajstić information content (AvgIpc) is 2.88. The molecule has 1 N–H and O–H groups in total. The molecule has 0 atom stereocenters. The van der Waals surface area contributed by atoms with Crippen molar-refractivity contribution in [3.8, 4) is 0 Å². The number of nitrogens with zero attached hydrogens (tertiary/aromatic N) is 1. The predicted octanol–water partition coefficient (Wildman–Crippen LogP) is 2.08. The molecule has 0 aliphatic carbocycles. The molecule has 1 heterocycles. The van der Waals surface area contributed by atoms with Gasteiger partial charge in [-0.3, -0.25) is 24.1 Å². The molecule has 1 aliphatic rings. The van der Waals surface area contributed by atoms with Crippen LogP contribution in [0.3, 0.4) is 0 Å². The Morgan fingerprint density at radius 3 is 2.22 bits per heavy atom. The smallest absolute Gasteiger partial charge is 0.326 e. The van der Waals surface area contributed by atoms with Crippen molar-refractivity contribution in [3.63, 3.8) is 0 Å². The maximum atomic E-state index is 12.2. The summed E-state index contributed by atoms with van der Waals surface area (Å²) in [4.78, 5) is 49.1. The maximum Gasteiger partial charge on any atom is 0.326 e. The molecule has 3 amide bonds. The van der Waals surface area contributed by atoms with E-state index in [1.807, 2.05) is 26.0 Å². The Bertz CT molecular complexity index is 916. The molecule has 3 rings (SSSR count). The van der Waals surface area contributed by atoms with Gasteiger partial charge in [0.2, 0.25) is 0 Å². The van der Waals surface area contributed by atoms with E-state index in [-0.39, 0.29) is 11.1 Å². The summed E-state index contributed by atoms with van der Waals surface area (Å²) in [5.41, 5.74) is 3.09. The van der Waals surface area contributed by atoms with Crippen LogP contribution in [0.2, 0.25) is 0 Å². The van der Waals surface area contributed by atoms with Crippen molar-refractivity contribution in [2.24, 2.45) is 0 Å². The number of aryl methyl sites for hydroxylation is 2. The Labute approximate surface area is 155 Å². The molecule has 138 valence electrons. The zero-order valence-corrected chi connectivity index (χ0v) is 14.9. The van der Waals surface area contributed by atoms with Crippen LogP contribution in [-0.4, -0.2) is 41.7 Å². The van der Waals surface area contributed by atoms with Crippen molar-refractivity contribution in [2.75, 3.05) is 18.5 Å². The molecule has 27 heavy (non-hydrogen) atoms. The first-order valence-electron chi connectivity index (χ1n) is 8.35. The van der Waals surface area contributed by atoms with E-state index in [0.29, 0.717) is 5.69 Å². The van der Waals surface area contributed by atoms with Crippen molar-refractivity contribution < 1.29 is 23.9 Å². The number of ether oxygens (including phenoxy) is 1. The molecule has 7 heteroatoms. The highest BCUT2D eigenvalue weighted by Gasteiger charge is 2.36. The number of anilines is 1. The second kappa shape index (κ2) is 7.41. The standard InChI is InChI=1S/C20H18N2O5/c1-12-7-8-16(13(2)9-12)21-17(23)11-27-18(24)10-22-19(25)14-5-3-4-6-15(14)20(22)26/h3-9H,10-11H2,1-2H3,(H,21,23). The van der Waals surface area contributed by atoms with E-state index in [4.69, 9.17) is 4.74 Å². The van der Waals surface area contributed by atoms with Crippen LogP contribution >= 0.6 is 0 Å². The van der Waals surface area contributed by atoms with Gasteiger partial charge in [-0.15, -0.1) is 0 Å². The molecule has 0 aromatic heterocycles. The number of rotatable bonds is 5. The number of hydrogen-bond acceptors (Lipinski definition) is 5. The Balaban J connectivity index is 1.54. The molecule has 2 aromatic carbocycles. The second-order valence-electron chi connectivity index (χ2n) is 6.27. The first kappa shape index (κ1) is 18.3. The van der Waals surface area contributed by atoms with Gasteiger partial charge in [0, 0.05) is 5.69 Å². The average molecular weight is 366 g/mol. The summed E-state index contributed by atoms with van der Waals surface area (Å²) in [6, 6.07) is 11.9. The lowest BCUT2D eigenvalue weighted by atomic mass is 10.1. The topological polar surface area (TPSA) is 92.8 Å².